The van der Waals surface area contributed by atoms with E-state index in [1.165, 1.54) is 25.3 Å². The number of rotatable bonds is 3. The van der Waals surface area contributed by atoms with Crippen LogP contribution < -0.4 is 15.8 Å². The molecule has 0 aromatic heterocycles. The van der Waals surface area contributed by atoms with Crippen molar-refractivity contribution in [1.29, 1.82) is 0 Å². The second kappa shape index (κ2) is 6.09. The topological polar surface area (TPSA) is 64.3 Å². The van der Waals surface area contributed by atoms with Crippen molar-refractivity contribution in [3.63, 3.8) is 0 Å². The molecule has 7 heteroatoms. The van der Waals surface area contributed by atoms with E-state index in [0.717, 1.165) is 12.1 Å². The molecular weight excluding hydrogens is 346 g/mol. The van der Waals surface area contributed by atoms with Gasteiger partial charge in [0.2, 0.25) is 0 Å². The highest BCUT2D eigenvalue weighted by Crippen LogP contribution is 2.25. The van der Waals surface area contributed by atoms with Crippen LogP contribution in [0, 0.1) is 11.6 Å². The molecule has 1 amide bonds. The Morgan fingerprint density at radius 2 is 1.81 bits per heavy atom. The van der Waals surface area contributed by atoms with Crippen molar-refractivity contribution < 1.29 is 18.3 Å². The molecule has 0 unspecified atom stereocenters. The number of amides is 1. The second-order valence-electron chi connectivity index (χ2n) is 4.19. The summed E-state index contributed by atoms with van der Waals surface area (Å²) < 4.78 is 32.6. The molecule has 0 heterocycles. The molecule has 0 aliphatic rings. The van der Waals surface area contributed by atoms with E-state index in [9.17, 15) is 13.6 Å². The van der Waals surface area contributed by atoms with Crippen LogP contribution in [0.15, 0.2) is 34.8 Å². The van der Waals surface area contributed by atoms with Gasteiger partial charge in [0.05, 0.1) is 7.11 Å². The van der Waals surface area contributed by atoms with E-state index >= 15 is 0 Å². The van der Waals surface area contributed by atoms with Crippen LogP contribution in [0.2, 0.25) is 0 Å². The number of anilines is 2. The van der Waals surface area contributed by atoms with Crippen LogP contribution >= 0.6 is 15.9 Å². The van der Waals surface area contributed by atoms with Crippen molar-refractivity contribution in [3.8, 4) is 5.75 Å². The van der Waals surface area contributed by atoms with Crippen molar-refractivity contribution in [2.24, 2.45) is 0 Å². The summed E-state index contributed by atoms with van der Waals surface area (Å²) >= 11 is 2.96. The van der Waals surface area contributed by atoms with Gasteiger partial charge in [-0.2, -0.15) is 0 Å². The van der Waals surface area contributed by atoms with E-state index in [-0.39, 0.29) is 10.0 Å². The Morgan fingerprint density at radius 1 is 1.19 bits per heavy atom. The van der Waals surface area contributed by atoms with E-state index in [1.807, 2.05) is 0 Å². The number of halogens is 3. The van der Waals surface area contributed by atoms with E-state index in [1.54, 1.807) is 0 Å². The minimum atomic E-state index is -0.883. The Labute approximate surface area is 128 Å². The Bertz CT molecular complexity index is 684. The van der Waals surface area contributed by atoms with Gasteiger partial charge in [0.15, 0.2) is 11.6 Å². The zero-order valence-electron chi connectivity index (χ0n) is 10.9. The summed E-state index contributed by atoms with van der Waals surface area (Å²) in [6, 6.07) is 6.43. The molecule has 4 nitrogen and oxygen atoms in total. The van der Waals surface area contributed by atoms with Crippen LogP contribution in [0.3, 0.4) is 0 Å². The molecule has 0 saturated heterocycles. The molecule has 0 aliphatic heterocycles. The molecule has 0 saturated carbocycles. The maximum absolute atomic E-state index is 13.7. The molecule has 0 radical (unpaired) electrons. The lowest BCUT2D eigenvalue weighted by Crippen LogP contribution is -2.15. The largest absolute Gasteiger partial charge is 0.497 e. The van der Waals surface area contributed by atoms with Crippen LogP contribution in [0.5, 0.6) is 5.75 Å². The lowest BCUT2D eigenvalue weighted by Gasteiger charge is -2.10. The SMILES string of the molecule is COc1cc(N)cc(C(=O)Nc2c(F)cc(Br)cc2F)c1. The first-order valence-corrected chi connectivity index (χ1v) is 6.60. The lowest BCUT2D eigenvalue weighted by molar-refractivity contribution is 0.102. The van der Waals surface area contributed by atoms with Crippen molar-refractivity contribution in [1.82, 2.24) is 0 Å². The predicted molar refractivity (Wildman–Crippen MR) is 79.4 cm³/mol. The van der Waals surface area contributed by atoms with Gasteiger partial charge < -0.3 is 15.8 Å². The quantitative estimate of drug-likeness (QED) is 0.826. The third-order valence-electron chi connectivity index (χ3n) is 2.67. The van der Waals surface area contributed by atoms with Crippen LogP contribution in [0.25, 0.3) is 0 Å². The van der Waals surface area contributed by atoms with Crippen LogP contribution in [-0.2, 0) is 0 Å². The molecular formula is C14H11BrF2N2O2. The fourth-order valence-corrected chi connectivity index (χ4v) is 2.12. The maximum atomic E-state index is 13.7. The Balaban J connectivity index is 2.32. The molecule has 0 spiro atoms. The average Bonchev–Trinajstić information content (AvgIpc) is 2.41. The van der Waals surface area contributed by atoms with Gasteiger partial charge in [0.25, 0.3) is 5.91 Å². The normalized spacial score (nSPS) is 10.3. The number of nitrogen functional groups attached to an aromatic ring is 1. The molecule has 2 aromatic rings. The summed E-state index contributed by atoms with van der Waals surface area (Å²) in [6.45, 7) is 0. The van der Waals surface area contributed by atoms with E-state index in [2.05, 4.69) is 21.2 Å². The van der Waals surface area contributed by atoms with Gasteiger partial charge in [0, 0.05) is 21.8 Å². The third kappa shape index (κ3) is 3.49. The number of carbonyl (C=O) groups is 1. The molecule has 0 atom stereocenters. The number of nitrogens with two attached hydrogens (primary N) is 1. The van der Waals surface area contributed by atoms with Gasteiger partial charge in [-0.25, -0.2) is 8.78 Å². The standard InChI is InChI=1S/C14H11BrF2N2O2/c1-21-10-3-7(2-9(18)6-10)14(20)19-13-11(16)4-8(15)5-12(13)17/h2-6H,18H2,1H3,(H,19,20). The fraction of sp³-hybridized carbons (Fsp3) is 0.0714. The van der Waals surface area contributed by atoms with Crippen LogP contribution in [0.1, 0.15) is 10.4 Å². The molecule has 2 rings (SSSR count). The van der Waals surface area contributed by atoms with Gasteiger partial charge in [-0.15, -0.1) is 0 Å². The van der Waals surface area contributed by atoms with Gasteiger partial charge in [0.1, 0.15) is 11.4 Å². The minimum absolute atomic E-state index is 0.133. The summed E-state index contributed by atoms with van der Waals surface area (Å²) in [6.07, 6.45) is 0. The zero-order chi connectivity index (χ0) is 15.6. The highest BCUT2D eigenvalue weighted by atomic mass is 79.9. The second-order valence-corrected chi connectivity index (χ2v) is 5.11. The molecule has 21 heavy (non-hydrogen) atoms. The van der Waals surface area contributed by atoms with Gasteiger partial charge in [-0.3, -0.25) is 4.79 Å². The monoisotopic (exact) mass is 356 g/mol. The van der Waals surface area contributed by atoms with E-state index < -0.39 is 23.2 Å². The first-order chi connectivity index (χ1) is 9.90. The number of carbonyl (C=O) groups excluding carboxylic acids is 1. The molecule has 0 bridgehead atoms. The number of methoxy groups -OCH3 is 1. The predicted octanol–water partition coefficient (Wildman–Crippen LogP) is 3.57. The number of hydrogen-bond donors (Lipinski definition) is 2. The summed E-state index contributed by atoms with van der Waals surface area (Å²) in [5, 5.41) is 2.18. The van der Waals surface area contributed by atoms with Crippen LogP contribution in [-0.4, -0.2) is 13.0 Å². The van der Waals surface area contributed by atoms with Gasteiger partial charge in [-0.1, -0.05) is 15.9 Å². The van der Waals surface area contributed by atoms with E-state index in [4.69, 9.17) is 10.5 Å². The highest BCUT2D eigenvalue weighted by Gasteiger charge is 2.15. The van der Waals surface area contributed by atoms with Gasteiger partial charge >= 0.3 is 0 Å². The summed E-state index contributed by atoms with van der Waals surface area (Å²) in [5.74, 6) is -2.09. The van der Waals surface area contributed by atoms with E-state index in [0.29, 0.717) is 11.4 Å². The Morgan fingerprint density at radius 3 is 2.38 bits per heavy atom. The Hall–Kier alpha value is -2.15. The van der Waals surface area contributed by atoms with Crippen LogP contribution in [0.4, 0.5) is 20.2 Å². The third-order valence-corrected chi connectivity index (χ3v) is 3.13. The zero-order valence-corrected chi connectivity index (χ0v) is 12.5. The first-order valence-electron chi connectivity index (χ1n) is 5.81. The first kappa shape index (κ1) is 15.2. The molecule has 0 aliphatic carbocycles. The van der Waals surface area contributed by atoms with Crippen molar-refractivity contribution in [2.75, 3.05) is 18.2 Å². The smallest absolute Gasteiger partial charge is 0.256 e. The molecule has 3 N–H and O–H groups in total. The summed E-state index contributed by atoms with van der Waals surface area (Å²) in [4.78, 5) is 12.1. The average molecular weight is 357 g/mol. The number of ether oxygens (including phenoxy) is 1. The highest BCUT2D eigenvalue weighted by molar-refractivity contribution is 9.10. The minimum Gasteiger partial charge on any atom is -0.497 e. The van der Waals surface area contributed by atoms with Gasteiger partial charge in [-0.05, 0) is 24.3 Å². The fourth-order valence-electron chi connectivity index (χ4n) is 1.72. The summed E-state index contributed by atoms with van der Waals surface area (Å²) in [5.41, 5.74) is 5.54. The molecule has 0 fully saturated rings. The van der Waals surface area contributed by atoms with Crippen molar-refractivity contribution in [3.05, 3.63) is 52.0 Å². The number of hydrogen-bond acceptors (Lipinski definition) is 3. The number of nitrogens with one attached hydrogen (secondary N) is 1. The Kier molecular flexibility index (Phi) is 4.42. The summed E-state index contributed by atoms with van der Waals surface area (Å²) in [7, 11) is 1.42. The van der Waals surface area contributed by atoms with Crippen molar-refractivity contribution in [2.45, 2.75) is 0 Å². The van der Waals surface area contributed by atoms with Crippen molar-refractivity contribution >= 4 is 33.2 Å². The number of benzene rings is 2. The molecule has 110 valence electrons. The maximum Gasteiger partial charge on any atom is 0.256 e. The lowest BCUT2D eigenvalue weighted by atomic mass is 10.1. The molecule has 2 aromatic carbocycles.